The largest absolute Gasteiger partial charge is 0.319 e. The Morgan fingerprint density at radius 1 is 1.29 bits per heavy atom. The number of rotatable bonds is 4. The predicted octanol–water partition coefficient (Wildman–Crippen LogP) is 3.51. The maximum absolute atomic E-state index is 14.8. The molecule has 178 valence electrons. The Morgan fingerprint density at radius 3 is 2.83 bits per heavy atom. The Balaban J connectivity index is 1.47. The highest BCUT2D eigenvalue weighted by Crippen LogP contribution is 2.32. The molecule has 1 fully saturated rings. The van der Waals surface area contributed by atoms with Gasteiger partial charge in [0.05, 0.1) is 22.4 Å². The molecule has 4 aromatic rings. The van der Waals surface area contributed by atoms with Crippen LogP contribution in [-0.2, 0) is 0 Å². The number of thiophene rings is 1. The summed E-state index contributed by atoms with van der Waals surface area (Å²) in [6, 6.07) is 13.8. The van der Waals surface area contributed by atoms with E-state index in [1.807, 2.05) is 24.3 Å². The van der Waals surface area contributed by atoms with E-state index in [0.29, 0.717) is 34.0 Å². The Labute approximate surface area is 203 Å². The van der Waals surface area contributed by atoms with E-state index in [1.165, 1.54) is 23.5 Å². The van der Waals surface area contributed by atoms with Gasteiger partial charge < -0.3 is 16.5 Å². The fourth-order valence-electron chi connectivity index (χ4n) is 3.88. The average molecular weight is 492 g/mol. The maximum atomic E-state index is 14.8. The molecule has 5 N–H and O–H groups in total. The maximum Gasteiger partial charge on any atom is 0.290 e. The number of H-pyrrole nitrogens is 1. The zero-order valence-electron chi connectivity index (χ0n) is 18.9. The zero-order valence-corrected chi connectivity index (χ0v) is 19.7. The molecule has 0 saturated carbocycles. The van der Waals surface area contributed by atoms with E-state index >= 15 is 0 Å². The third-order valence-electron chi connectivity index (χ3n) is 5.82. The third-order valence-corrected chi connectivity index (χ3v) is 6.94. The summed E-state index contributed by atoms with van der Waals surface area (Å²) in [5.41, 5.74) is 10.1. The number of anilines is 1. The molecule has 35 heavy (non-hydrogen) atoms. The summed E-state index contributed by atoms with van der Waals surface area (Å²) < 4.78 is 15.7. The van der Waals surface area contributed by atoms with Crippen LogP contribution in [-0.4, -0.2) is 40.2 Å². The average Bonchev–Trinajstić information content (AvgIpc) is 3.41. The van der Waals surface area contributed by atoms with Gasteiger partial charge in [-0.15, -0.1) is 11.3 Å². The second kappa shape index (κ2) is 9.02. The summed E-state index contributed by atoms with van der Waals surface area (Å²) in [5.74, 6) is -0.424. The minimum atomic E-state index is -0.571. The number of carbonyl (C=O) groups excluding carboxylic acids is 1. The first-order chi connectivity index (χ1) is 16.8. The molecular formula is C24H22FN7O2S. The highest BCUT2D eigenvalue weighted by molar-refractivity contribution is 7.20. The molecule has 5 rings (SSSR count). The number of hydrazine groups is 1. The van der Waals surface area contributed by atoms with Gasteiger partial charge in [-0.1, -0.05) is 18.2 Å². The summed E-state index contributed by atoms with van der Waals surface area (Å²) >= 11 is 1.34. The first kappa shape index (κ1) is 22.8. The minimum absolute atomic E-state index is 0.0517. The van der Waals surface area contributed by atoms with Crippen LogP contribution >= 0.6 is 11.3 Å². The molecule has 1 unspecified atom stereocenters. The molecule has 1 amide bonds. The lowest BCUT2D eigenvalue weighted by Crippen LogP contribution is -2.39. The highest BCUT2D eigenvalue weighted by Gasteiger charge is 2.23. The fourth-order valence-corrected chi connectivity index (χ4v) is 4.84. The van der Waals surface area contributed by atoms with Gasteiger partial charge in [-0.25, -0.2) is 19.5 Å². The molecule has 1 saturated heterocycles. The van der Waals surface area contributed by atoms with Crippen LogP contribution in [0.3, 0.4) is 0 Å². The summed E-state index contributed by atoms with van der Waals surface area (Å²) in [7, 11) is 1.78. The van der Waals surface area contributed by atoms with Crippen LogP contribution in [0.2, 0.25) is 0 Å². The van der Waals surface area contributed by atoms with Crippen molar-refractivity contribution in [1.29, 1.82) is 0 Å². The summed E-state index contributed by atoms with van der Waals surface area (Å²) in [5, 5.41) is 11.9. The molecule has 2 aromatic heterocycles. The van der Waals surface area contributed by atoms with Gasteiger partial charge in [-0.05, 0) is 48.2 Å². The van der Waals surface area contributed by atoms with Crippen molar-refractivity contribution in [3.8, 4) is 11.3 Å². The number of hydrogen-bond donors (Lipinski definition) is 4. The number of aromatic amines is 1. The lowest BCUT2D eigenvalue weighted by atomic mass is 10.0. The molecule has 0 radical (unpaired) electrons. The molecule has 1 atom stereocenters. The van der Waals surface area contributed by atoms with Gasteiger partial charge in [-0.2, -0.15) is 5.10 Å². The van der Waals surface area contributed by atoms with Crippen LogP contribution in [0.15, 0.2) is 58.3 Å². The second-order valence-electron chi connectivity index (χ2n) is 8.22. The van der Waals surface area contributed by atoms with Crippen molar-refractivity contribution in [3.05, 3.63) is 75.1 Å². The normalized spacial score (nSPS) is 17.1. The van der Waals surface area contributed by atoms with E-state index < -0.39 is 17.3 Å². The number of amidine groups is 1. The Morgan fingerprint density at radius 2 is 2.09 bits per heavy atom. The molecule has 11 heteroatoms. The quantitative estimate of drug-likeness (QED) is 0.346. The molecule has 3 heterocycles. The van der Waals surface area contributed by atoms with Gasteiger partial charge in [0.2, 0.25) is 0 Å². The minimum Gasteiger partial charge on any atom is -0.319 e. The highest BCUT2D eigenvalue weighted by atomic mass is 32.1. The van der Waals surface area contributed by atoms with E-state index in [-0.39, 0.29) is 17.5 Å². The van der Waals surface area contributed by atoms with Crippen molar-refractivity contribution in [2.75, 3.05) is 12.4 Å². The van der Waals surface area contributed by atoms with Crippen LogP contribution in [0.5, 0.6) is 0 Å². The topological polar surface area (TPSA) is 128 Å². The number of nitrogens with one attached hydrogen (secondary N) is 3. The standard InChI is InChI=1S/C24H22FN7O2S/c1-12-14(16-10-17(23(33)30-29-16)27-21-11-20(26)32(2)31-21)7-8-15(25)22(12)28-24(34)19-9-13-5-3-4-6-18(13)35-19/h3-10,20H,11,26H2,1-2H3,(H,28,34)(H,30,33)(H,27,29,31). The SMILES string of the molecule is Cc1c(-c2cc(N=C3CC(N)N(C)N3)c(=O)[nH]n2)ccc(F)c1NC(=O)c1cc2ccccc2s1. The molecule has 0 aliphatic carbocycles. The molecule has 0 bridgehead atoms. The first-order valence-corrected chi connectivity index (χ1v) is 11.6. The number of halogens is 1. The van der Waals surface area contributed by atoms with Crippen LogP contribution in [0, 0.1) is 12.7 Å². The monoisotopic (exact) mass is 491 g/mol. The van der Waals surface area contributed by atoms with Crippen LogP contribution in [0.25, 0.3) is 21.3 Å². The number of fused-ring (bicyclic) bond motifs is 1. The van der Waals surface area contributed by atoms with Crippen LogP contribution in [0.4, 0.5) is 15.8 Å². The van der Waals surface area contributed by atoms with E-state index in [9.17, 15) is 14.0 Å². The first-order valence-electron chi connectivity index (χ1n) is 10.8. The van der Waals surface area contributed by atoms with Crippen molar-refractivity contribution in [2.24, 2.45) is 10.7 Å². The number of nitrogens with zero attached hydrogens (tertiary/aromatic N) is 3. The number of hydrogen-bond acceptors (Lipinski definition) is 7. The lowest BCUT2D eigenvalue weighted by molar-refractivity contribution is 0.103. The molecule has 1 aliphatic heterocycles. The fraction of sp³-hybridized carbons (Fsp3) is 0.167. The van der Waals surface area contributed by atoms with E-state index in [0.717, 1.165) is 10.1 Å². The van der Waals surface area contributed by atoms with Gasteiger partial charge in [-0.3, -0.25) is 9.59 Å². The molecule has 1 aliphatic rings. The lowest BCUT2D eigenvalue weighted by Gasteiger charge is -2.13. The Hall–Kier alpha value is -3.93. The van der Waals surface area contributed by atoms with Crippen molar-refractivity contribution in [1.82, 2.24) is 20.6 Å². The Kier molecular flexibility index (Phi) is 5.89. The van der Waals surface area contributed by atoms with Crippen LogP contribution < -0.4 is 22.0 Å². The van der Waals surface area contributed by atoms with Crippen molar-refractivity contribution in [2.45, 2.75) is 19.5 Å². The number of nitrogens with two attached hydrogens (primary N) is 1. The number of carbonyl (C=O) groups is 1. The number of benzene rings is 2. The number of aromatic nitrogens is 2. The smallest absolute Gasteiger partial charge is 0.290 e. The van der Waals surface area contributed by atoms with Crippen molar-refractivity contribution >= 4 is 44.5 Å². The molecule has 0 spiro atoms. The summed E-state index contributed by atoms with van der Waals surface area (Å²) in [4.78, 5) is 30.1. The van der Waals surface area contributed by atoms with Gasteiger partial charge in [0.1, 0.15) is 17.3 Å². The predicted molar refractivity (Wildman–Crippen MR) is 135 cm³/mol. The molecule has 2 aromatic carbocycles. The van der Waals surface area contributed by atoms with Gasteiger partial charge in [0, 0.05) is 23.7 Å². The van der Waals surface area contributed by atoms with E-state index in [2.05, 4.69) is 25.9 Å². The van der Waals surface area contributed by atoms with Crippen LogP contribution in [0.1, 0.15) is 21.7 Å². The van der Waals surface area contributed by atoms with Crippen molar-refractivity contribution in [3.63, 3.8) is 0 Å². The number of aliphatic imine (C=N–C) groups is 1. The third kappa shape index (κ3) is 4.44. The zero-order chi connectivity index (χ0) is 24.7. The molecular weight excluding hydrogens is 469 g/mol. The molecule has 9 nitrogen and oxygen atoms in total. The van der Waals surface area contributed by atoms with Gasteiger partial charge in [0.15, 0.2) is 0 Å². The summed E-state index contributed by atoms with van der Waals surface area (Å²) in [6.45, 7) is 1.68. The van der Waals surface area contributed by atoms with Crippen molar-refractivity contribution < 1.29 is 9.18 Å². The van der Waals surface area contributed by atoms with E-state index in [1.54, 1.807) is 31.1 Å². The summed E-state index contributed by atoms with van der Waals surface area (Å²) in [6.07, 6.45) is 0.206. The Bertz CT molecular complexity index is 1500. The number of amides is 1. The van der Waals surface area contributed by atoms with Gasteiger partial charge in [0.25, 0.3) is 11.5 Å². The second-order valence-corrected chi connectivity index (χ2v) is 9.30. The van der Waals surface area contributed by atoms with E-state index in [4.69, 9.17) is 5.73 Å². The van der Waals surface area contributed by atoms with Gasteiger partial charge >= 0.3 is 0 Å².